The van der Waals surface area contributed by atoms with Crippen molar-refractivity contribution in [3.05, 3.63) is 64.9 Å². The van der Waals surface area contributed by atoms with Crippen LogP contribution in [0.1, 0.15) is 41.1 Å². The molecule has 4 heteroatoms. The molecule has 1 atom stereocenters. The highest BCUT2D eigenvalue weighted by molar-refractivity contribution is 6.08. The molecule has 24 heavy (non-hydrogen) atoms. The Labute approximate surface area is 140 Å². The van der Waals surface area contributed by atoms with Crippen LogP contribution in [0.25, 0.3) is 11.0 Å². The van der Waals surface area contributed by atoms with Gasteiger partial charge in [-0.2, -0.15) is 0 Å². The SMILES string of the molecule is CCc1cc(OC)c2oc3c(c2c1)C(=O)OC3(C)c1ccccc1. The fourth-order valence-corrected chi connectivity index (χ4v) is 3.35. The fourth-order valence-electron chi connectivity index (χ4n) is 3.35. The van der Waals surface area contributed by atoms with Gasteiger partial charge in [0.2, 0.25) is 0 Å². The zero-order chi connectivity index (χ0) is 16.9. The number of ether oxygens (including phenoxy) is 2. The number of hydrogen-bond acceptors (Lipinski definition) is 4. The van der Waals surface area contributed by atoms with Crippen molar-refractivity contribution in [2.75, 3.05) is 7.11 Å². The second kappa shape index (κ2) is 5.13. The number of fused-ring (bicyclic) bond motifs is 3. The molecule has 0 aliphatic carbocycles. The lowest BCUT2D eigenvalue weighted by Gasteiger charge is -2.22. The molecule has 3 aromatic rings. The van der Waals surface area contributed by atoms with Crippen molar-refractivity contribution >= 4 is 16.9 Å². The summed E-state index contributed by atoms with van der Waals surface area (Å²) < 4.78 is 17.3. The minimum atomic E-state index is -0.927. The maximum absolute atomic E-state index is 12.6. The van der Waals surface area contributed by atoms with E-state index in [1.807, 2.05) is 49.4 Å². The van der Waals surface area contributed by atoms with Gasteiger partial charge in [-0.3, -0.25) is 0 Å². The average molecular weight is 322 g/mol. The molecule has 2 aromatic carbocycles. The van der Waals surface area contributed by atoms with Crippen LogP contribution in [0, 0.1) is 0 Å². The van der Waals surface area contributed by atoms with Crippen molar-refractivity contribution in [1.82, 2.24) is 0 Å². The third kappa shape index (κ3) is 1.89. The second-order valence-corrected chi connectivity index (χ2v) is 6.12. The van der Waals surface area contributed by atoms with Gasteiger partial charge in [0.1, 0.15) is 5.56 Å². The Morgan fingerprint density at radius 2 is 1.92 bits per heavy atom. The minimum absolute atomic E-state index is 0.356. The molecular weight excluding hydrogens is 304 g/mol. The van der Waals surface area contributed by atoms with E-state index < -0.39 is 5.60 Å². The number of methoxy groups -OCH3 is 1. The Kier molecular flexibility index (Phi) is 3.17. The third-order valence-electron chi connectivity index (χ3n) is 4.70. The van der Waals surface area contributed by atoms with Crippen molar-refractivity contribution in [3.63, 3.8) is 0 Å². The molecule has 1 aromatic heterocycles. The van der Waals surface area contributed by atoms with E-state index in [1.165, 1.54) is 0 Å². The lowest BCUT2D eigenvalue weighted by atomic mass is 9.92. The number of cyclic esters (lactones) is 1. The standard InChI is InChI=1S/C20H18O4/c1-4-12-10-14-16-18(23-17(14)15(11-12)22-3)20(2,24-19(16)21)13-8-6-5-7-9-13/h5-11H,4H2,1-3H3. The number of hydrogen-bond donors (Lipinski definition) is 0. The molecule has 4 rings (SSSR count). The van der Waals surface area contributed by atoms with E-state index in [2.05, 4.69) is 6.92 Å². The summed E-state index contributed by atoms with van der Waals surface area (Å²) in [7, 11) is 1.61. The summed E-state index contributed by atoms with van der Waals surface area (Å²) in [6, 6.07) is 13.6. The normalized spacial score (nSPS) is 19.4. The van der Waals surface area contributed by atoms with Gasteiger partial charge in [-0.05, 0) is 31.0 Å². The molecule has 1 aliphatic heterocycles. The van der Waals surface area contributed by atoms with Gasteiger partial charge in [0.25, 0.3) is 0 Å². The summed E-state index contributed by atoms with van der Waals surface area (Å²) >= 11 is 0. The Balaban J connectivity index is 2.03. The highest BCUT2D eigenvalue weighted by atomic mass is 16.6. The highest BCUT2D eigenvalue weighted by Crippen LogP contribution is 2.47. The fraction of sp³-hybridized carbons (Fsp3) is 0.250. The van der Waals surface area contributed by atoms with Gasteiger partial charge in [-0.25, -0.2) is 4.79 Å². The average Bonchev–Trinajstić information content (AvgIpc) is 3.12. The minimum Gasteiger partial charge on any atom is -0.493 e. The number of carbonyl (C=O) groups is 1. The first kappa shape index (κ1) is 14.8. The van der Waals surface area contributed by atoms with E-state index in [0.717, 1.165) is 22.9 Å². The van der Waals surface area contributed by atoms with E-state index in [1.54, 1.807) is 7.11 Å². The Bertz CT molecular complexity index is 939. The maximum Gasteiger partial charge on any atom is 0.343 e. The van der Waals surface area contributed by atoms with Gasteiger partial charge in [0, 0.05) is 10.9 Å². The van der Waals surface area contributed by atoms with Crippen molar-refractivity contribution in [1.29, 1.82) is 0 Å². The molecule has 1 unspecified atom stereocenters. The molecule has 0 N–H and O–H groups in total. The van der Waals surface area contributed by atoms with Crippen LogP contribution >= 0.6 is 0 Å². The summed E-state index contributed by atoms with van der Waals surface area (Å²) in [4.78, 5) is 12.6. The highest BCUT2D eigenvalue weighted by Gasteiger charge is 2.48. The predicted octanol–water partition coefficient (Wildman–Crippen LogP) is 4.44. The molecular formula is C20H18O4. The smallest absolute Gasteiger partial charge is 0.343 e. The van der Waals surface area contributed by atoms with Crippen LogP contribution < -0.4 is 4.74 Å². The second-order valence-electron chi connectivity index (χ2n) is 6.12. The van der Waals surface area contributed by atoms with Crippen molar-refractivity contribution in [2.24, 2.45) is 0 Å². The summed E-state index contributed by atoms with van der Waals surface area (Å²) in [5.74, 6) is 0.827. The van der Waals surface area contributed by atoms with Gasteiger partial charge >= 0.3 is 5.97 Å². The van der Waals surface area contributed by atoms with Crippen LogP contribution in [0.15, 0.2) is 46.9 Å². The number of benzene rings is 2. The van der Waals surface area contributed by atoms with Crippen LogP contribution in [0.3, 0.4) is 0 Å². The van der Waals surface area contributed by atoms with Gasteiger partial charge in [0.15, 0.2) is 22.7 Å². The van der Waals surface area contributed by atoms with Crippen LogP contribution in [0.5, 0.6) is 5.75 Å². The molecule has 0 bridgehead atoms. The van der Waals surface area contributed by atoms with E-state index >= 15 is 0 Å². The molecule has 0 radical (unpaired) electrons. The monoisotopic (exact) mass is 322 g/mol. The zero-order valence-corrected chi connectivity index (χ0v) is 13.9. The Morgan fingerprint density at radius 3 is 2.58 bits per heavy atom. The molecule has 0 spiro atoms. The molecule has 0 amide bonds. The lowest BCUT2D eigenvalue weighted by Crippen LogP contribution is -2.23. The van der Waals surface area contributed by atoms with E-state index in [-0.39, 0.29) is 5.97 Å². The summed E-state index contributed by atoms with van der Waals surface area (Å²) in [6.07, 6.45) is 0.844. The third-order valence-corrected chi connectivity index (χ3v) is 4.70. The predicted molar refractivity (Wildman–Crippen MR) is 90.5 cm³/mol. The summed E-state index contributed by atoms with van der Waals surface area (Å²) in [6.45, 7) is 3.93. The van der Waals surface area contributed by atoms with E-state index in [4.69, 9.17) is 13.9 Å². The van der Waals surface area contributed by atoms with E-state index in [9.17, 15) is 4.79 Å². The van der Waals surface area contributed by atoms with Crippen LogP contribution in [-0.4, -0.2) is 13.1 Å². The zero-order valence-electron chi connectivity index (χ0n) is 13.9. The number of carbonyl (C=O) groups excluding carboxylic acids is 1. The van der Waals surface area contributed by atoms with Gasteiger partial charge in [0.05, 0.1) is 7.11 Å². The summed E-state index contributed by atoms with van der Waals surface area (Å²) in [5.41, 5.74) is 2.14. The molecule has 0 saturated heterocycles. The van der Waals surface area contributed by atoms with Crippen molar-refractivity contribution in [3.8, 4) is 5.75 Å². The van der Waals surface area contributed by atoms with Crippen LogP contribution in [0.4, 0.5) is 0 Å². The van der Waals surface area contributed by atoms with Crippen LogP contribution in [-0.2, 0) is 16.8 Å². The Morgan fingerprint density at radius 1 is 1.17 bits per heavy atom. The quantitative estimate of drug-likeness (QED) is 0.669. The number of aryl methyl sites for hydroxylation is 1. The first-order valence-corrected chi connectivity index (χ1v) is 8.01. The first-order chi connectivity index (χ1) is 11.6. The number of rotatable bonds is 3. The van der Waals surface area contributed by atoms with Gasteiger partial charge < -0.3 is 13.9 Å². The topological polar surface area (TPSA) is 48.7 Å². The molecule has 1 aliphatic rings. The van der Waals surface area contributed by atoms with Gasteiger partial charge in [-0.1, -0.05) is 37.3 Å². The van der Waals surface area contributed by atoms with Crippen molar-refractivity contribution in [2.45, 2.75) is 25.9 Å². The molecule has 0 saturated carbocycles. The van der Waals surface area contributed by atoms with Crippen molar-refractivity contribution < 1.29 is 18.7 Å². The first-order valence-electron chi connectivity index (χ1n) is 8.01. The number of furan rings is 1. The number of esters is 1. The van der Waals surface area contributed by atoms with Crippen LogP contribution in [0.2, 0.25) is 0 Å². The molecule has 122 valence electrons. The molecule has 0 fully saturated rings. The molecule has 4 nitrogen and oxygen atoms in total. The van der Waals surface area contributed by atoms with E-state index in [0.29, 0.717) is 22.7 Å². The largest absolute Gasteiger partial charge is 0.493 e. The molecule has 2 heterocycles. The lowest BCUT2D eigenvalue weighted by molar-refractivity contribution is 0.0124. The summed E-state index contributed by atoms with van der Waals surface area (Å²) in [5, 5.41) is 0.755. The maximum atomic E-state index is 12.6. The van der Waals surface area contributed by atoms with Gasteiger partial charge in [-0.15, -0.1) is 0 Å². The Hall–Kier alpha value is -2.75.